The zero-order valence-electron chi connectivity index (χ0n) is 6.75. The normalized spacial score (nSPS) is 14.1. The molecule has 0 aromatic heterocycles. The molecular formula is C7H17NO2. The summed E-state index contributed by atoms with van der Waals surface area (Å²) in [6.45, 7) is 0.954. The van der Waals surface area contributed by atoms with Gasteiger partial charge in [0, 0.05) is 6.61 Å². The first-order chi connectivity index (χ1) is 4.66. The Morgan fingerprint density at radius 1 is 1.30 bits per heavy atom. The summed E-state index contributed by atoms with van der Waals surface area (Å²) in [5.41, 5.74) is 0. The average Bonchev–Trinajstić information content (AvgIpc) is 1.85. The number of hydrogen-bond donors (Lipinski definition) is 2. The Morgan fingerprint density at radius 3 is 2.30 bits per heavy atom. The molecule has 10 heavy (non-hydrogen) atoms. The molecule has 3 heteroatoms. The van der Waals surface area contributed by atoms with Crippen LogP contribution in [0.2, 0.25) is 0 Å². The van der Waals surface area contributed by atoms with Crippen LogP contribution in [0, 0.1) is 0 Å². The van der Waals surface area contributed by atoms with Crippen LogP contribution in [0.3, 0.4) is 0 Å². The summed E-state index contributed by atoms with van der Waals surface area (Å²) >= 11 is 0. The van der Waals surface area contributed by atoms with Crippen LogP contribution in [0.15, 0.2) is 0 Å². The van der Waals surface area contributed by atoms with Gasteiger partial charge in [0.2, 0.25) is 0 Å². The summed E-state index contributed by atoms with van der Waals surface area (Å²) in [5, 5.41) is 17.5. The third-order valence-corrected chi connectivity index (χ3v) is 1.37. The van der Waals surface area contributed by atoms with Crippen LogP contribution in [-0.2, 0) is 0 Å². The number of hydrogen-bond acceptors (Lipinski definition) is 3. The molecule has 0 bridgehead atoms. The Kier molecular flexibility index (Phi) is 5.58. The van der Waals surface area contributed by atoms with Gasteiger partial charge in [-0.25, -0.2) is 0 Å². The number of aliphatic hydroxyl groups excluding tert-OH is 2. The molecule has 0 rings (SSSR count). The van der Waals surface area contributed by atoms with Crippen molar-refractivity contribution >= 4 is 0 Å². The lowest BCUT2D eigenvalue weighted by Gasteiger charge is -2.12. The molecule has 0 unspecified atom stereocenters. The first-order valence-corrected chi connectivity index (χ1v) is 3.60. The maximum atomic E-state index is 9.11. The van der Waals surface area contributed by atoms with E-state index in [0.29, 0.717) is 6.42 Å². The molecule has 62 valence electrons. The van der Waals surface area contributed by atoms with Gasteiger partial charge in [0.1, 0.15) is 0 Å². The SMILES string of the molecule is CN(C)CC[C@H](O)CCO. The molecule has 0 spiro atoms. The molecule has 2 N–H and O–H groups in total. The summed E-state index contributed by atoms with van der Waals surface area (Å²) in [7, 11) is 3.93. The van der Waals surface area contributed by atoms with Crippen LogP contribution in [0.1, 0.15) is 12.8 Å². The van der Waals surface area contributed by atoms with Crippen LogP contribution < -0.4 is 0 Å². The molecule has 0 fully saturated rings. The predicted octanol–water partition coefficient (Wildman–Crippen LogP) is -0.319. The van der Waals surface area contributed by atoms with Crippen molar-refractivity contribution in [2.24, 2.45) is 0 Å². The second-order valence-corrected chi connectivity index (χ2v) is 2.76. The zero-order chi connectivity index (χ0) is 7.98. The van der Waals surface area contributed by atoms with Gasteiger partial charge >= 0.3 is 0 Å². The Bertz CT molecular complexity index is 76.0. The minimum atomic E-state index is -0.340. The lowest BCUT2D eigenvalue weighted by Crippen LogP contribution is -2.19. The van der Waals surface area contributed by atoms with Crippen molar-refractivity contribution in [3.05, 3.63) is 0 Å². The molecule has 0 aliphatic rings. The topological polar surface area (TPSA) is 43.7 Å². The largest absolute Gasteiger partial charge is 0.396 e. The summed E-state index contributed by atoms with van der Waals surface area (Å²) in [6, 6.07) is 0. The monoisotopic (exact) mass is 147 g/mol. The fourth-order valence-corrected chi connectivity index (χ4v) is 0.701. The molecular weight excluding hydrogens is 130 g/mol. The minimum Gasteiger partial charge on any atom is -0.396 e. The van der Waals surface area contributed by atoms with Gasteiger partial charge in [-0.15, -0.1) is 0 Å². The Labute approximate surface area is 62.3 Å². The van der Waals surface area contributed by atoms with E-state index in [2.05, 4.69) is 0 Å². The second kappa shape index (κ2) is 5.65. The minimum absolute atomic E-state index is 0.0780. The van der Waals surface area contributed by atoms with Crippen molar-refractivity contribution in [3.8, 4) is 0 Å². The van der Waals surface area contributed by atoms with Gasteiger partial charge in [0.05, 0.1) is 6.10 Å². The van der Waals surface area contributed by atoms with Gasteiger partial charge in [-0.1, -0.05) is 0 Å². The van der Waals surface area contributed by atoms with Gasteiger partial charge in [-0.2, -0.15) is 0 Å². The molecule has 1 atom stereocenters. The lowest BCUT2D eigenvalue weighted by molar-refractivity contribution is 0.117. The Balaban J connectivity index is 3.12. The molecule has 0 saturated carbocycles. The van der Waals surface area contributed by atoms with E-state index in [0.717, 1.165) is 13.0 Å². The van der Waals surface area contributed by atoms with Crippen LogP contribution in [0.5, 0.6) is 0 Å². The fourth-order valence-electron chi connectivity index (χ4n) is 0.701. The smallest absolute Gasteiger partial charge is 0.0574 e. The molecule has 3 nitrogen and oxygen atoms in total. The number of aliphatic hydroxyl groups is 2. The quantitative estimate of drug-likeness (QED) is 0.560. The Morgan fingerprint density at radius 2 is 1.90 bits per heavy atom. The molecule has 0 aliphatic carbocycles. The first kappa shape index (κ1) is 9.88. The lowest BCUT2D eigenvalue weighted by atomic mass is 10.2. The third kappa shape index (κ3) is 6.01. The molecule has 0 aromatic rings. The van der Waals surface area contributed by atoms with Crippen LogP contribution in [-0.4, -0.2) is 48.5 Å². The second-order valence-electron chi connectivity index (χ2n) is 2.76. The van der Waals surface area contributed by atoms with E-state index in [9.17, 15) is 0 Å². The van der Waals surface area contributed by atoms with E-state index >= 15 is 0 Å². The molecule has 0 aromatic carbocycles. The molecule has 0 heterocycles. The van der Waals surface area contributed by atoms with Crippen molar-refractivity contribution in [1.29, 1.82) is 0 Å². The zero-order valence-corrected chi connectivity index (χ0v) is 6.75. The van der Waals surface area contributed by atoms with E-state index in [1.807, 2.05) is 19.0 Å². The molecule has 0 saturated heterocycles. The maximum Gasteiger partial charge on any atom is 0.0574 e. The van der Waals surface area contributed by atoms with E-state index in [4.69, 9.17) is 10.2 Å². The van der Waals surface area contributed by atoms with Crippen LogP contribution >= 0.6 is 0 Å². The van der Waals surface area contributed by atoms with E-state index in [1.54, 1.807) is 0 Å². The number of nitrogens with zero attached hydrogens (tertiary/aromatic N) is 1. The summed E-state index contributed by atoms with van der Waals surface area (Å²) in [5.74, 6) is 0. The van der Waals surface area contributed by atoms with E-state index in [1.165, 1.54) is 0 Å². The highest BCUT2D eigenvalue weighted by Crippen LogP contribution is 1.96. The predicted molar refractivity (Wildman–Crippen MR) is 40.9 cm³/mol. The van der Waals surface area contributed by atoms with Gasteiger partial charge in [0.25, 0.3) is 0 Å². The summed E-state index contributed by atoms with van der Waals surface area (Å²) < 4.78 is 0. The van der Waals surface area contributed by atoms with E-state index in [-0.39, 0.29) is 12.7 Å². The van der Waals surface area contributed by atoms with Gasteiger partial charge in [0.15, 0.2) is 0 Å². The van der Waals surface area contributed by atoms with Crippen LogP contribution in [0.4, 0.5) is 0 Å². The Hall–Kier alpha value is -0.120. The number of rotatable bonds is 5. The fraction of sp³-hybridized carbons (Fsp3) is 1.00. The van der Waals surface area contributed by atoms with Gasteiger partial charge in [-0.3, -0.25) is 0 Å². The standard InChI is InChI=1S/C7H17NO2/c1-8(2)5-3-7(10)4-6-9/h7,9-10H,3-6H2,1-2H3/t7-/m0/s1. The molecule has 0 radical (unpaired) electrons. The average molecular weight is 147 g/mol. The first-order valence-electron chi connectivity index (χ1n) is 3.60. The van der Waals surface area contributed by atoms with Crippen molar-refractivity contribution in [2.45, 2.75) is 18.9 Å². The summed E-state index contributed by atoms with van der Waals surface area (Å²) in [4.78, 5) is 2.01. The molecule has 0 aliphatic heterocycles. The van der Waals surface area contributed by atoms with Crippen molar-refractivity contribution in [2.75, 3.05) is 27.2 Å². The van der Waals surface area contributed by atoms with Gasteiger partial charge < -0.3 is 15.1 Å². The maximum absolute atomic E-state index is 9.11. The van der Waals surface area contributed by atoms with Crippen molar-refractivity contribution in [3.63, 3.8) is 0 Å². The highest BCUT2D eigenvalue weighted by molar-refractivity contribution is 4.56. The highest BCUT2D eigenvalue weighted by atomic mass is 16.3. The van der Waals surface area contributed by atoms with Crippen molar-refractivity contribution < 1.29 is 10.2 Å². The third-order valence-electron chi connectivity index (χ3n) is 1.37. The molecule has 0 amide bonds. The van der Waals surface area contributed by atoms with Crippen molar-refractivity contribution in [1.82, 2.24) is 4.90 Å². The highest BCUT2D eigenvalue weighted by Gasteiger charge is 2.02. The van der Waals surface area contributed by atoms with Gasteiger partial charge in [-0.05, 0) is 33.5 Å². The van der Waals surface area contributed by atoms with Crippen LogP contribution in [0.25, 0.3) is 0 Å². The van der Waals surface area contributed by atoms with E-state index < -0.39 is 0 Å². The summed E-state index contributed by atoms with van der Waals surface area (Å²) in [6.07, 6.45) is 0.897.